The third kappa shape index (κ3) is 3.50. The summed E-state index contributed by atoms with van der Waals surface area (Å²) in [5.74, 6) is -0.716. The van der Waals surface area contributed by atoms with Gasteiger partial charge in [0.05, 0.1) is 10.0 Å². The summed E-state index contributed by atoms with van der Waals surface area (Å²) in [5, 5.41) is 14.3. The van der Waals surface area contributed by atoms with Gasteiger partial charge < -0.3 is 5.11 Å². The van der Waals surface area contributed by atoms with Gasteiger partial charge in [-0.2, -0.15) is 0 Å². The van der Waals surface area contributed by atoms with Crippen molar-refractivity contribution in [2.45, 2.75) is 53.8 Å². The van der Waals surface area contributed by atoms with Crippen LogP contribution in [0.4, 0.5) is 0 Å². The van der Waals surface area contributed by atoms with E-state index >= 15 is 0 Å². The zero-order valence-electron chi connectivity index (χ0n) is 11.4. The molecule has 2 N–H and O–H groups in total. The minimum Gasteiger partial charge on any atom is -0.480 e. The Hall–Kier alpha value is -0.420. The van der Waals surface area contributed by atoms with Crippen molar-refractivity contribution in [1.29, 1.82) is 0 Å². The van der Waals surface area contributed by atoms with Crippen LogP contribution in [-0.2, 0) is 4.79 Å². The van der Waals surface area contributed by atoms with E-state index in [0.717, 1.165) is 24.2 Å². The summed E-state index contributed by atoms with van der Waals surface area (Å²) < 4.78 is 0. The predicted molar refractivity (Wildman–Crippen MR) is 86.5 cm³/mol. The Morgan fingerprint density at radius 3 is 2.67 bits per heavy atom. The molecule has 2 unspecified atom stereocenters. The molecule has 6 heteroatoms. The number of carbonyl (C=O) groups is 1. The second-order valence-corrected chi connectivity index (χ2v) is 8.05. The fourth-order valence-corrected chi connectivity index (χ4v) is 4.53. The Morgan fingerprint density at radius 2 is 2.05 bits per heavy atom. The summed E-state index contributed by atoms with van der Waals surface area (Å²) in [6.07, 6.45) is 4.44. The number of aliphatic carboxylic acids is 1. The molecule has 0 aromatic heterocycles. The normalized spacial score (nSPS) is 28.8. The first-order valence-electron chi connectivity index (χ1n) is 7.11. The molecule has 0 heterocycles. The van der Waals surface area contributed by atoms with Crippen LogP contribution < -0.4 is 5.32 Å². The van der Waals surface area contributed by atoms with Crippen molar-refractivity contribution in [3.05, 3.63) is 28.2 Å². The number of thioether (sulfide) groups is 1. The van der Waals surface area contributed by atoms with Crippen LogP contribution in [0.2, 0.25) is 10.0 Å². The van der Waals surface area contributed by atoms with Gasteiger partial charge in [0.25, 0.3) is 0 Å². The molecule has 0 radical (unpaired) electrons. The van der Waals surface area contributed by atoms with Gasteiger partial charge in [-0.25, -0.2) is 0 Å². The average Bonchev–Trinajstić information content (AvgIpc) is 3.14. The average molecular weight is 346 g/mol. The zero-order chi connectivity index (χ0) is 15.0. The lowest BCUT2D eigenvalue weighted by molar-refractivity contribution is -0.144. The number of rotatable bonds is 5. The van der Waals surface area contributed by atoms with Gasteiger partial charge in [0.1, 0.15) is 5.54 Å². The van der Waals surface area contributed by atoms with Crippen LogP contribution >= 0.6 is 35.0 Å². The molecule has 21 heavy (non-hydrogen) atoms. The zero-order valence-corrected chi connectivity index (χ0v) is 13.8. The lowest BCUT2D eigenvalue weighted by Gasteiger charge is -2.26. The number of halogens is 2. The summed E-state index contributed by atoms with van der Waals surface area (Å²) in [7, 11) is 0. The monoisotopic (exact) mass is 345 g/mol. The van der Waals surface area contributed by atoms with Gasteiger partial charge in [0.15, 0.2) is 0 Å². The second kappa shape index (κ2) is 5.99. The second-order valence-electron chi connectivity index (χ2n) is 5.86. The third-order valence-electron chi connectivity index (χ3n) is 4.13. The van der Waals surface area contributed by atoms with Crippen LogP contribution in [0.3, 0.4) is 0 Å². The van der Waals surface area contributed by atoms with Gasteiger partial charge in [0.2, 0.25) is 0 Å². The van der Waals surface area contributed by atoms with E-state index in [0.29, 0.717) is 34.2 Å². The van der Waals surface area contributed by atoms with Crippen molar-refractivity contribution >= 4 is 40.9 Å². The molecule has 114 valence electrons. The van der Waals surface area contributed by atoms with E-state index in [1.54, 1.807) is 17.8 Å². The maximum absolute atomic E-state index is 11.7. The molecule has 3 nitrogen and oxygen atoms in total. The summed E-state index contributed by atoms with van der Waals surface area (Å²) in [5.41, 5.74) is -0.741. The minimum absolute atomic E-state index is 0.296. The van der Waals surface area contributed by atoms with E-state index in [1.807, 2.05) is 12.1 Å². The molecule has 0 bridgehead atoms. The number of hydrogen-bond acceptors (Lipinski definition) is 3. The maximum Gasteiger partial charge on any atom is 0.323 e. The van der Waals surface area contributed by atoms with Crippen LogP contribution in [0, 0.1) is 0 Å². The molecule has 2 aliphatic carbocycles. The van der Waals surface area contributed by atoms with Gasteiger partial charge in [-0.1, -0.05) is 23.2 Å². The molecule has 2 atom stereocenters. The SMILES string of the molecule is O=C(O)C1(NC2CC2)CCC(Sc2ccc(Cl)c(Cl)c2)C1. The Labute approximate surface area is 138 Å². The van der Waals surface area contributed by atoms with Gasteiger partial charge in [-0.15, -0.1) is 11.8 Å². The molecule has 2 aliphatic rings. The Balaban J connectivity index is 1.67. The van der Waals surface area contributed by atoms with Gasteiger partial charge in [0, 0.05) is 16.2 Å². The molecule has 0 aliphatic heterocycles. The van der Waals surface area contributed by atoms with Gasteiger partial charge >= 0.3 is 5.97 Å². The summed E-state index contributed by atoms with van der Waals surface area (Å²) in [6, 6.07) is 5.97. The Kier molecular flexibility index (Phi) is 4.42. The highest BCUT2D eigenvalue weighted by Crippen LogP contribution is 2.42. The predicted octanol–water partition coefficient (Wildman–Crippen LogP) is 4.21. The first kappa shape index (κ1) is 15.5. The van der Waals surface area contributed by atoms with E-state index in [4.69, 9.17) is 23.2 Å². The maximum atomic E-state index is 11.7. The molecule has 2 saturated carbocycles. The number of carboxylic acids is 1. The summed E-state index contributed by atoms with van der Waals surface area (Å²) >= 11 is 13.6. The molecule has 0 amide bonds. The standard InChI is InChI=1S/C15H17Cl2NO2S/c16-12-4-3-10(7-13(12)17)21-11-5-6-15(8-11,14(19)20)18-9-1-2-9/h3-4,7,9,11,18H,1-2,5-6,8H2,(H,19,20). The van der Waals surface area contributed by atoms with Crippen LogP contribution in [0.1, 0.15) is 32.1 Å². The van der Waals surface area contributed by atoms with Crippen molar-refractivity contribution in [2.24, 2.45) is 0 Å². The topological polar surface area (TPSA) is 49.3 Å². The molecular formula is C15H17Cl2NO2S. The minimum atomic E-state index is -0.741. The number of benzene rings is 1. The van der Waals surface area contributed by atoms with Crippen molar-refractivity contribution in [3.63, 3.8) is 0 Å². The highest BCUT2D eigenvalue weighted by molar-refractivity contribution is 8.00. The number of hydrogen-bond donors (Lipinski definition) is 2. The fraction of sp³-hybridized carbons (Fsp3) is 0.533. The molecule has 1 aromatic carbocycles. The summed E-state index contributed by atoms with van der Waals surface area (Å²) in [4.78, 5) is 12.7. The van der Waals surface area contributed by atoms with Gasteiger partial charge in [-0.05, 0) is 50.3 Å². The first-order valence-corrected chi connectivity index (χ1v) is 8.75. The third-order valence-corrected chi connectivity index (χ3v) is 6.13. The first-order chi connectivity index (χ1) is 9.98. The van der Waals surface area contributed by atoms with Crippen LogP contribution in [0.5, 0.6) is 0 Å². The smallest absolute Gasteiger partial charge is 0.323 e. The van der Waals surface area contributed by atoms with Crippen molar-refractivity contribution in [1.82, 2.24) is 5.32 Å². The molecule has 1 aromatic rings. The van der Waals surface area contributed by atoms with Crippen molar-refractivity contribution in [3.8, 4) is 0 Å². The largest absolute Gasteiger partial charge is 0.480 e. The molecular weight excluding hydrogens is 329 g/mol. The number of nitrogens with one attached hydrogen (secondary N) is 1. The quantitative estimate of drug-likeness (QED) is 0.838. The molecule has 0 saturated heterocycles. The summed E-state index contributed by atoms with van der Waals surface area (Å²) in [6.45, 7) is 0. The van der Waals surface area contributed by atoms with Crippen LogP contribution in [0.15, 0.2) is 23.1 Å². The van der Waals surface area contributed by atoms with E-state index < -0.39 is 11.5 Å². The van der Waals surface area contributed by atoms with Crippen molar-refractivity contribution < 1.29 is 9.90 Å². The lowest BCUT2D eigenvalue weighted by Crippen LogP contribution is -2.51. The van der Waals surface area contributed by atoms with Crippen LogP contribution in [0.25, 0.3) is 0 Å². The highest BCUT2D eigenvalue weighted by atomic mass is 35.5. The van der Waals surface area contributed by atoms with E-state index in [1.165, 1.54) is 0 Å². The van der Waals surface area contributed by atoms with Crippen molar-refractivity contribution in [2.75, 3.05) is 0 Å². The van der Waals surface area contributed by atoms with E-state index in [2.05, 4.69) is 5.32 Å². The number of carboxylic acid groups (broad SMARTS) is 1. The molecule has 0 spiro atoms. The van der Waals surface area contributed by atoms with E-state index in [9.17, 15) is 9.90 Å². The Morgan fingerprint density at radius 1 is 1.29 bits per heavy atom. The van der Waals surface area contributed by atoms with Gasteiger partial charge in [-0.3, -0.25) is 10.1 Å². The fourth-order valence-electron chi connectivity index (χ4n) is 2.85. The molecule has 2 fully saturated rings. The van der Waals surface area contributed by atoms with E-state index in [-0.39, 0.29) is 0 Å². The lowest BCUT2D eigenvalue weighted by atomic mass is 9.98. The van der Waals surface area contributed by atoms with Crippen LogP contribution in [-0.4, -0.2) is 27.9 Å². The highest BCUT2D eigenvalue weighted by Gasteiger charge is 2.48. The molecule has 3 rings (SSSR count). The Bertz CT molecular complexity index is 565.